The Hall–Kier alpha value is 0.500. The van der Waals surface area contributed by atoms with Crippen LogP contribution in [0.25, 0.3) is 5.32 Å². The van der Waals surface area contributed by atoms with Gasteiger partial charge in [0, 0.05) is 0 Å². The second-order valence-electron chi connectivity index (χ2n) is 0.447. The summed E-state index contributed by atoms with van der Waals surface area (Å²) in [6.45, 7) is 0. The van der Waals surface area contributed by atoms with Crippen molar-refractivity contribution < 1.29 is 20.9 Å². The van der Waals surface area contributed by atoms with Gasteiger partial charge in [-0.05, 0) is 0 Å². The Labute approximate surface area is 44.5 Å². The zero-order valence-electron chi connectivity index (χ0n) is 3.39. The first-order valence-corrected chi connectivity index (χ1v) is 2.72. The molecule has 0 rings (SSSR count). The van der Waals surface area contributed by atoms with Gasteiger partial charge in [-0.2, -0.15) is 14.1 Å². The molecule has 0 aromatic carbocycles. The van der Waals surface area contributed by atoms with E-state index in [9.17, 15) is 0 Å². The molecule has 0 aromatic heterocycles. The van der Waals surface area contributed by atoms with Crippen LogP contribution in [0.5, 0.6) is 0 Å². The maximum atomic E-state index is 5.86. The SMILES string of the molecule is C[N-]C.[NH]=[Ta]. The summed E-state index contributed by atoms with van der Waals surface area (Å²) in [6.07, 6.45) is 0. The Morgan fingerprint density at radius 3 is 1.40 bits per heavy atom. The molecule has 1 N–H and O–H groups in total. The predicted octanol–water partition coefficient (Wildman–Crippen LogP) is 0.915. The second kappa shape index (κ2) is 24.5. The van der Waals surface area contributed by atoms with Crippen LogP contribution in [0, 0.1) is 3.76 Å². The molecule has 0 unspecified atom stereocenters. The Balaban J connectivity index is 0. The van der Waals surface area contributed by atoms with Crippen molar-refractivity contribution in [3.63, 3.8) is 0 Å². The van der Waals surface area contributed by atoms with E-state index in [0.29, 0.717) is 20.9 Å². The standard InChI is InChI=1S/C2H6N.HN.Ta/c1-3-2;;/h1-2H3;1H;/q-1;;. The van der Waals surface area contributed by atoms with Gasteiger partial charge in [0.05, 0.1) is 0 Å². The van der Waals surface area contributed by atoms with Crippen LogP contribution in [0.4, 0.5) is 0 Å². The quantitative estimate of drug-likeness (QED) is 0.653. The van der Waals surface area contributed by atoms with Crippen LogP contribution in [0.2, 0.25) is 0 Å². The maximum absolute atomic E-state index is 5.86. The van der Waals surface area contributed by atoms with Crippen molar-refractivity contribution in [1.29, 1.82) is 3.76 Å². The van der Waals surface area contributed by atoms with Crippen molar-refractivity contribution in [2.24, 2.45) is 0 Å². The molecule has 5 heavy (non-hydrogen) atoms. The van der Waals surface area contributed by atoms with Crippen LogP contribution >= 0.6 is 0 Å². The van der Waals surface area contributed by atoms with Crippen molar-refractivity contribution in [3.8, 4) is 0 Å². The number of nitrogens with zero attached hydrogens (tertiary/aromatic N) is 1. The van der Waals surface area contributed by atoms with Gasteiger partial charge in [0.25, 0.3) is 0 Å². The topological polar surface area (TPSA) is 38.0 Å². The Kier molecular flexibility index (Phi) is 44.5. The van der Waals surface area contributed by atoms with Gasteiger partial charge in [-0.15, -0.1) is 0 Å². The molecule has 0 radical (unpaired) electrons. The van der Waals surface area contributed by atoms with Gasteiger partial charge in [-0.3, -0.25) is 0 Å². The van der Waals surface area contributed by atoms with Gasteiger partial charge in [-0.1, -0.05) is 0 Å². The zero-order valence-corrected chi connectivity index (χ0v) is 6.61. The average Bonchev–Trinajstić information content (AvgIpc) is 1.46. The van der Waals surface area contributed by atoms with Crippen molar-refractivity contribution >= 4 is 0 Å². The molecule has 0 amide bonds. The fraction of sp³-hybridized carbons (Fsp3) is 1.00. The third-order valence-corrected chi connectivity index (χ3v) is 0. The van der Waals surface area contributed by atoms with E-state index < -0.39 is 0 Å². The number of rotatable bonds is 0. The third-order valence-electron chi connectivity index (χ3n) is 0. The summed E-state index contributed by atoms with van der Waals surface area (Å²) in [7, 11) is 3.50. The summed E-state index contributed by atoms with van der Waals surface area (Å²) in [5.74, 6) is 0. The Morgan fingerprint density at radius 1 is 1.40 bits per heavy atom. The monoisotopic (exact) mass is 240 g/mol. The van der Waals surface area contributed by atoms with Gasteiger partial charge >= 0.3 is 24.6 Å². The van der Waals surface area contributed by atoms with Gasteiger partial charge < -0.3 is 5.32 Å². The van der Waals surface area contributed by atoms with Crippen molar-refractivity contribution in [3.05, 3.63) is 5.32 Å². The molecule has 0 saturated heterocycles. The van der Waals surface area contributed by atoms with Crippen LogP contribution in [-0.2, 0) is 20.9 Å². The van der Waals surface area contributed by atoms with Crippen LogP contribution in [0.1, 0.15) is 0 Å². The molecule has 2 nitrogen and oxygen atoms in total. The molecule has 0 aliphatic carbocycles. The third kappa shape index (κ3) is 112. The van der Waals surface area contributed by atoms with Gasteiger partial charge in [0.1, 0.15) is 0 Å². The summed E-state index contributed by atoms with van der Waals surface area (Å²) in [5, 5.41) is 3.50. The fourth-order valence-corrected chi connectivity index (χ4v) is 0. The molecular weight excluding hydrogens is 233 g/mol. The summed E-state index contributed by atoms with van der Waals surface area (Å²) < 4.78 is 5.86. The van der Waals surface area contributed by atoms with Crippen LogP contribution in [0.3, 0.4) is 0 Å². The van der Waals surface area contributed by atoms with Gasteiger partial charge in [0.2, 0.25) is 0 Å². The first-order valence-electron chi connectivity index (χ1n) is 1.12. The minimum absolute atomic E-state index is 0.694. The molecular formula is C2H7N2Ta-. The number of nitrogens with one attached hydrogen (secondary N) is 1. The van der Waals surface area contributed by atoms with Crippen LogP contribution in [0.15, 0.2) is 0 Å². The average molecular weight is 240 g/mol. The minimum atomic E-state index is 0.694. The van der Waals surface area contributed by atoms with Crippen molar-refractivity contribution in [1.82, 2.24) is 0 Å². The molecule has 0 atom stereocenters. The molecule has 31 valence electrons. The van der Waals surface area contributed by atoms with E-state index in [2.05, 4.69) is 5.32 Å². The Bertz CT molecular complexity index is 11.6. The second-order valence-corrected chi connectivity index (χ2v) is 0.447. The van der Waals surface area contributed by atoms with E-state index in [1.807, 2.05) is 0 Å². The van der Waals surface area contributed by atoms with E-state index in [4.69, 9.17) is 3.76 Å². The molecule has 0 aliphatic rings. The molecule has 0 heterocycles. The molecule has 0 fully saturated rings. The summed E-state index contributed by atoms with van der Waals surface area (Å²) in [6, 6.07) is 0. The zero-order chi connectivity index (χ0) is 4.71. The molecule has 0 saturated carbocycles. The van der Waals surface area contributed by atoms with Crippen LogP contribution < -0.4 is 0 Å². The first-order chi connectivity index (χ1) is 2.41. The summed E-state index contributed by atoms with van der Waals surface area (Å²) in [5.41, 5.74) is 0. The van der Waals surface area contributed by atoms with E-state index in [1.54, 1.807) is 14.1 Å². The molecule has 0 aromatic rings. The molecule has 0 aliphatic heterocycles. The summed E-state index contributed by atoms with van der Waals surface area (Å²) in [4.78, 5) is 0. The van der Waals surface area contributed by atoms with Crippen molar-refractivity contribution in [2.75, 3.05) is 14.1 Å². The normalized spacial score (nSPS) is 4.20. The van der Waals surface area contributed by atoms with E-state index in [-0.39, 0.29) is 0 Å². The summed E-state index contributed by atoms with van der Waals surface area (Å²) >= 11 is 0.694. The van der Waals surface area contributed by atoms with E-state index in [1.165, 1.54) is 0 Å². The van der Waals surface area contributed by atoms with Crippen molar-refractivity contribution in [2.45, 2.75) is 0 Å². The molecule has 0 bridgehead atoms. The van der Waals surface area contributed by atoms with Gasteiger partial charge in [-0.25, -0.2) is 0 Å². The predicted molar refractivity (Wildman–Crippen MR) is 17.9 cm³/mol. The number of hydrogen-bond donors (Lipinski definition) is 1. The molecule has 3 heteroatoms. The first kappa shape index (κ1) is 9.09. The van der Waals surface area contributed by atoms with Gasteiger partial charge in [0.15, 0.2) is 0 Å². The van der Waals surface area contributed by atoms with E-state index >= 15 is 0 Å². The molecule has 0 spiro atoms. The van der Waals surface area contributed by atoms with Crippen LogP contribution in [-0.4, -0.2) is 14.1 Å². The number of hydrogen-bond acceptors (Lipinski definition) is 1. The van der Waals surface area contributed by atoms with E-state index in [0.717, 1.165) is 0 Å². The fourth-order valence-electron chi connectivity index (χ4n) is 0. The Morgan fingerprint density at radius 2 is 1.40 bits per heavy atom.